The van der Waals surface area contributed by atoms with Crippen molar-refractivity contribution in [1.82, 2.24) is 9.78 Å². The van der Waals surface area contributed by atoms with Crippen molar-refractivity contribution in [3.63, 3.8) is 0 Å². The topological polar surface area (TPSA) is 84.2 Å². The molecule has 0 saturated heterocycles. The molecular weight excluding hydrogens is 483 g/mol. The normalized spacial score (nSPS) is 16.6. The van der Waals surface area contributed by atoms with Gasteiger partial charge >= 0.3 is 12.1 Å². The number of rotatable bonds is 8. The summed E-state index contributed by atoms with van der Waals surface area (Å²) in [6.07, 6.45) is -1.34. The van der Waals surface area contributed by atoms with Gasteiger partial charge in [0.2, 0.25) is 5.91 Å². The number of aromatic nitrogens is 2. The fourth-order valence-electron chi connectivity index (χ4n) is 4.55. The molecule has 6 nitrogen and oxygen atoms in total. The van der Waals surface area contributed by atoms with Crippen molar-refractivity contribution < 1.29 is 27.9 Å². The Labute approximate surface area is 205 Å². The number of carbonyl (C=O) groups is 2. The number of amides is 1. The minimum absolute atomic E-state index is 0.0709. The molecule has 2 N–H and O–H groups in total. The molecule has 4 rings (SSSR count). The third-order valence-electron chi connectivity index (χ3n) is 6.69. The molecule has 1 amide bonds. The Morgan fingerprint density at radius 1 is 1.20 bits per heavy atom. The average Bonchev–Trinajstić information content (AvgIpc) is 3.56. The largest absolute Gasteiger partial charge is 0.481 e. The molecule has 3 atom stereocenters. The van der Waals surface area contributed by atoms with E-state index in [2.05, 4.69) is 10.4 Å². The number of carbonyl (C=O) groups excluding carboxylic acids is 1. The van der Waals surface area contributed by atoms with E-state index in [1.807, 2.05) is 0 Å². The molecule has 0 unspecified atom stereocenters. The summed E-state index contributed by atoms with van der Waals surface area (Å²) >= 11 is 6.28. The van der Waals surface area contributed by atoms with E-state index in [1.165, 1.54) is 18.3 Å². The molecule has 1 aromatic heterocycles. The van der Waals surface area contributed by atoms with Gasteiger partial charge in [-0.2, -0.15) is 18.3 Å². The fourth-order valence-corrected chi connectivity index (χ4v) is 4.72. The number of hydrogen-bond donors (Lipinski definition) is 2. The van der Waals surface area contributed by atoms with E-state index < -0.39 is 29.9 Å². The van der Waals surface area contributed by atoms with Crippen LogP contribution in [-0.2, 0) is 16.6 Å². The maximum Gasteiger partial charge on any atom is 0.392 e. The summed E-state index contributed by atoms with van der Waals surface area (Å²) < 4.78 is 43.0. The Balaban J connectivity index is 1.67. The number of fused-ring (bicyclic) bond motifs is 1. The molecule has 0 spiro atoms. The predicted molar refractivity (Wildman–Crippen MR) is 126 cm³/mol. The number of aryl methyl sites for hydroxylation is 1. The van der Waals surface area contributed by atoms with Crippen molar-refractivity contribution in [3.8, 4) is 0 Å². The van der Waals surface area contributed by atoms with Gasteiger partial charge in [0.25, 0.3) is 0 Å². The molecule has 2 aromatic carbocycles. The second-order valence-corrected chi connectivity index (χ2v) is 9.57. The number of benzene rings is 2. The van der Waals surface area contributed by atoms with Gasteiger partial charge in [0.1, 0.15) is 0 Å². The van der Waals surface area contributed by atoms with Crippen molar-refractivity contribution >= 4 is 40.1 Å². The van der Waals surface area contributed by atoms with E-state index in [0.717, 1.165) is 25.3 Å². The number of alkyl halides is 3. The van der Waals surface area contributed by atoms with Crippen molar-refractivity contribution in [2.24, 2.45) is 18.9 Å². The molecule has 0 bridgehead atoms. The van der Waals surface area contributed by atoms with Crippen molar-refractivity contribution in [1.29, 1.82) is 0 Å². The van der Waals surface area contributed by atoms with E-state index in [1.54, 1.807) is 36.0 Å². The molecule has 1 fully saturated rings. The van der Waals surface area contributed by atoms with Gasteiger partial charge in [-0.15, -0.1) is 0 Å². The molecule has 1 aliphatic carbocycles. The fraction of sp³-hybridized carbons (Fsp3) is 0.400. The number of carboxylic acids is 1. The van der Waals surface area contributed by atoms with Crippen LogP contribution in [0.25, 0.3) is 10.9 Å². The lowest BCUT2D eigenvalue weighted by molar-refractivity contribution is -0.178. The molecule has 186 valence electrons. The van der Waals surface area contributed by atoms with Gasteiger partial charge in [-0.3, -0.25) is 14.3 Å². The number of halogens is 4. The van der Waals surface area contributed by atoms with Crippen LogP contribution in [0.4, 0.5) is 18.9 Å². The first-order valence-electron chi connectivity index (χ1n) is 11.3. The van der Waals surface area contributed by atoms with Crippen molar-refractivity contribution in [3.05, 3.63) is 58.7 Å². The Morgan fingerprint density at radius 2 is 1.89 bits per heavy atom. The summed E-state index contributed by atoms with van der Waals surface area (Å²) in [4.78, 5) is 24.7. The lowest BCUT2D eigenvalue weighted by Crippen LogP contribution is -2.34. The van der Waals surface area contributed by atoms with Gasteiger partial charge in [-0.25, -0.2) is 0 Å². The summed E-state index contributed by atoms with van der Waals surface area (Å²) in [6.45, 7) is 0.978. The first-order chi connectivity index (χ1) is 16.5. The Hall–Kier alpha value is -3.07. The predicted octanol–water partition coefficient (Wildman–Crippen LogP) is 6.12. The number of aliphatic carboxylic acids is 1. The van der Waals surface area contributed by atoms with Gasteiger partial charge < -0.3 is 10.4 Å². The van der Waals surface area contributed by atoms with Crippen LogP contribution in [0.3, 0.4) is 0 Å². The molecule has 10 heteroatoms. The van der Waals surface area contributed by atoms with Gasteiger partial charge in [0, 0.05) is 12.4 Å². The van der Waals surface area contributed by atoms with Crippen molar-refractivity contribution in [2.75, 3.05) is 5.32 Å². The SMILES string of the molecule is C[C@H]([C@@H](C(=O)Nc1cc([C@@H](CC(=O)O)C2CC2)ccc1Cl)c1ccc2c(cnn2C)c1)C(F)(F)F. The quantitative estimate of drug-likeness (QED) is 0.385. The zero-order valence-corrected chi connectivity index (χ0v) is 19.9. The molecule has 35 heavy (non-hydrogen) atoms. The van der Waals surface area contributed by atoms with Gasteiger partial charge in [-0.05, 0) is 60.1 Å². The monoisotopic (exact) mass is 507 g/mol. The molecular formula is C25H25ClF3N3O3. The van der Waals surface area contributed by atoms with Crippen LogP contribution in [0.2, 0.25) is 5.02 Å². The standard InChI is InChI=1S/C25H25ClF3N3O3/c1-13(25(27,28)29)23(16-6-8-21-17(9-16)12-30-32(21)2)24(35)31-20-10-15(5-7-19(20)26)18(11-22(33)34)14-3-4-14/h5-10,12-14,18,23H,3-4,11H2,1-2H3,(H,31,35)(H,33,34)/t13-,18+,23-/m1/s1. The zero-order chi connectivity index (χ0) is 25.5. The highest BCUT2D eigenvalue weighted by molar-refractivity contribution is 6.33. The van der Waals surface area contributed by atoms with E-state index in [-0.39, 0.29) is 34.5 Å². The smallest absolute Gasteiger partial charge is 0.392 e. The minimum Gasteiger partial charge on any atom is -0.481 e. The summed E-state index contributed by atoms with van der Waals surface area (Å²) in [5.41, 5.74) is 1.79. The highest BCUT2D eigenvalue weighted by atomic mass is 35.5. The van der Waals surface area contributed by atoms with Crippen LogP contribution < -0.4 is 5.32 Å². The summed E-state index contributed by atoms with van der Waals surface area (Å²) in [7, 11) is 1.72. The third-order valence-corrected chi connectivity index (χ3v) is 7.02. The summed E-state index contributed by atoms with van der Waals surface area (Å²) in [5, 5.41) is 16.8. The summed E-state index contributed by atoms with van der Waals surface area (Å²) in [6, 6.07) is 9.50. The van der Waals surface area contributed by atoms with Gasteiger partial charge in [-0.1, -0.05) is 30.7 Å². The second kappa shape index (κ2) is 9.53. The molecule has 3 aromatic rings. The van der Waals surface area contributed by atoms with Crippen molar-refractivity contribution in [2.45, 2.75) is 44.2 Å². The van der Waals surface area contributed by atoms with Gasteiger partial charge in [0.05, 0.1) is 40.7 Å². The first kappa shape index (κ1) is 25.0. The number of nitrogens with zero attached hydrogens (tertiary/aromatic N) is 2. The third kappa shape index (κ3) is 5.45. The van der Waals surface area contributed by atoms with Crippen LogP contribution in [0.5, 0.6) is 0 Å². The maximum absolute atomic E-state index is 13.8. The van der Waals surface area contributed by atoms with Crippen LogP contribution in [0, 0.1) is 11.8 Å². The van der Waals surface area contributed by atoms with E-state index in [4.69, 9.17) is 11.6 Å². The lowest BCUT2D eigenvalue weighted by Gasteiger charge is -2.26. The first-order valence-corrected chi connectivity index (χ1v) is 11.6. The highest BCUT2D eigenvalue weighted by Crippen LogP contribution is 2.46. The minimum atomic E-state index is -4.61. The second-order valence-electron chi connectivity index (χ2n) is 9.16. The number of carboxylic acid groups (broad SMARTS) is 1. The van der Waals surface area contributed by atoms with E-state index in [0.29, 0.717) is 10.9 Å². The Kier molecular flexibility index (Phi) is 6.81. The van der Waals surface area contributed by atoms with Crippen LogP contribution in [-0.4, -0.2) is 32.9 Å². The molecule has 1 heterocycles. The molecule has 1 aliphatic rings. The van der Waals surface area contributed by atoms with Crippen LogP contribution in [0.15, 0.2) is 42.6 Å². The lowest BCUT2D eigenvalue weighted by atomic mass is 9.85. The molecule has 0 aliphatic heterocycles. The molecule has 0 radical (unpaired) electrons. The number of hydrogen-bond acceptors (Lipinski definition) is 3. The number of nitrogens with one attached hydrogen (secondary N) is 1. The number of anilines is 1. The zero-order valence-electron chi connectivity index (χ0n) is 19.1. The van der Waals surface area contributed by atoms with Crippen LogP contribution >= 0.6 is 11.6 Å². The Morgan fingerprint density at radius 3 is 2.51 bits per heavy atom. The summed E-state index contributed by atoms with van der Waals surface area (Å²) in [5.74, 6) is -5.31. The Bertz CT molecular complexity index is 1270. The van der Waals surface area contributed by atoms with Gasteiger partial charge in [0.15, 0.2) is 0 Å². The maximum atomic E-state index is 13.8. The van der Waals surface area contributed by atoms with Crippen LogP contribution in [0.1, 0.15) is 49.1 Å². The highest BCUT2D eigenvalue weighted by Gasteiger charge is 2.45. The van der Waals surface area contributed by atoms with E-state index in [9.17, 15) is 27.9 Å². The average molecular weight is 508 g/mol. The molecule has 1 saturated carbocycles. The van der Waals surface area contributed by atoms with E-state index >= 15 is 0 Å².